The molecule has 0 unspecified atom stereocenters. The second-order valence-corrected chi connectivity index (χ2v) is 10.1. The summed E-state index contributed by atoms with van der Waals surface area (Å²) >= 11 is 0. The summed E-state index contributed by atoms with van der Waals surface area (Å²) in [4.78, 5) is 9.68. The van der Waals surface area contributed by atoms with Gasteiger partial charge < -0.3 is 9.80 Å². The van der Waals surface area contributed by atoms with Crippen molar-refractivity contribution in [2.24, 2.45) is 5.92 Å². The Balaban J connectivity index is 1.45. The summed E-state index contributed by atoms with van der Waals surface area (Å²) in [6.07, 6.45) is 9.67. The minimum Gasteiger partial charge on any atom is -0.355 e. The molecule has 1 aromatic rings. The van der Waals surface area contributed by atoms with E-state index >= 15 is 0 Å². The molecular weight excluding hydrogens is 360 g/mol. The molecule has 0 aromatic carbocycles. The van der Waals surface area contributed by atoms with E-state index in [1.165, 1.54) is 32.5 Å². The van der Waals surface area contributed by atoms with E-state index in [1.54, 1.807) is 22.6 Å². The molecule has 27 heavy (non-hydrogen) atoms. The topological polar surface area (TPSA) is 56.8 Å². The smallest absolute Gasteiger partial charge is 0.246 e. The third kappa shape index (κ3) is 4.30. The van der Waals surface area contributed by atoms with E-state index in [0.717, 1.165) is 51.1 Å². The van der Waals surface area contributed by atoms with Gasteiger partial charge in [0.05, 0.1) is 0 Å². The van der Waals surface area contributed by atoms with Crippen LogP contribution in [0.15, 0.2) is 23.2 Å². The van der Waals surface area contributed by atoms with Gasteiger partial charge in [0, 0.05) is 38.9 Å². The number of nitrogens with zero attached hydrogens (tertiary/aromatic N) is 4. The van der Waals surface area contributed by atoms with Gasteiger partial charge in [-0.25, -0.2) is 13.4 Å². The van der Waals surface area contributed by atoms with Gasteiger partial charge in [-0.3, -0.25) is 0 Å². The fourth-order valence-corrected chi connectivity index (χ4v) is 6.40. The summed E-state index contributed by atoms with van der Waals surface area (Å²) in [7, 11) is -3.45. The van der Waals surface area contributed by atoms with Crippen molar-refractivity contribution in [2.75, 3.05) is 50.7 Å². The number of pyridine rings is 1. The number of rotatable bonds is 5. The maximum Gasteiger partial charge on any atom is 0.246 e. The fraction of sp³-hybridized carbons (Fsp3) is 0.750. The lowest BCUT2D eigenvalue weighted by atomic mass is 9.96. The monoisotopic (exact) mass is 392 g/mol. The molecule has 0 amide bonds. The second-order valence-electron chi connectivity index (χ2n) is 8.23. The van der Waals surface area contributed by atoms with Crippen molar-refractivity contribution >= 4 is 15.8 Å². The molecule has 6 nitrogen and oxygen atoms in total. The summed E-state index contributed by atoms with van der Waals surface area (Å²) in [5.41, 5.74) is 0. The number of piperidine rings is 2. The first-order chi connectivity index (χ1) is 13.1. The number of anilines is 1. The van der Waals surface area contributed by atoms with Crippen molar-refractivity contribution in [3.8, 4) is 0 Å². The van der Waals surface area contributed by atoms with Crippen molar-refractivity contribution < 1.29 is 8.42 Å². The van der Waals surface area contributed by atoms with Crippen LogP contribution in [-0.4, -0.2) is 68.4 Å². The van der Waals surface area contributed by atoms with E-state index < -0.39 is 10.0 Å². The molecule has 0 N–H and O–H groups in total. The molecule has 0 atom stereocenters. The molecule has 1 aromatic heterocycles. The molecule has 0 spiro atoms. The number of hydrogen-bond donors (Lipinski definition) is 0. The summed E-state index contributed by atoms with van der Waals surface area (Å²) in [5, 5.41) is 0. The highest BCUT2D eigenvalue weighted by Crippen LogP contribution is 2.30. The van der Waals surface area contributed by atoms with Crippen LogP contribution >= 0.6 is 0 Å². The Kier molecular flexibility index (Phi) is 5.99. The van der Waals surface area contributed by atoms with Crippen LogP contribution in [0, 0.1) is 5.92 Å². The van der Waals surface area contributed by atoms with Gasteiger partial charge >= 0.3 is 0 Å². The Morgan fingerprint density at radius 1 is 0.926 bits per heavy atom. The molecule has 3 fully saturated rings. The Morgan fingerprint density at radius 2 is 1.59 bits per heavy atom. The average molecular weight is 393 g/mol. The molecular formula is C20H32N4O2S. The number of likely N-dealkylation sites (tertiary alicyclic amines) is 1. The van der Waals surface area contributed by atoms with Crippen molar-refractivity contribution in [1.29, 1.82) is 0 Å². The van der Waals surface area contributed by atoms with Crippen molar-refractivity contribution in [1.82, 2.24) is 14.2 Å². The summed E-state index contributed by atoms with van der Waals surface area (Å²) in [5.74, 6) is 1.38. The van der Waals surface area contributed by atoms with Gasteiger partial charge in [-0.05, 0) is 69.7 Å². The minimum atomic E-state index is -3.45. The van der Waals surface area contributed by atoms with Crippen molar-refractivity contribution in [2.45, 2.75) is 49.8 Å². The Labute approximate surface area is 163 Å². The molecule has 0 saturated carbocycles. The molecule has 4 rings (SSSR count). The minimum absolute atomic E-state index is 0.393. The van der Waals surface area contributed by atoms with Crippen LogP contribution in [0.1, 0.15) is 44.9 Å². The Hall–Kier alpha value is -1.18. The standard InChI is InChI=1S/C20H32N4O2S/c25-27(26,24-13-2-1-3-14-24)19-7-6-10-21-20(19)23-15-8-18(9-16-23)17-22-11-4-5-12-22/h6-7,10,18H,1-5,8-9,11-17H2. The van der Waals surface area contributed by atoms with Crippen LogP contribution in [-0.2, 0) is 10.0 Å². The quantitative estimate of drug-likeness (QED) is 0.771. The first-order valence-corrected chi connectivity index (χ1v) is 12.0. The van der Waals surface area contributed by atoms with Crippen molar-refractivity contribution in [3.05, 3.63) is 18.3 Å². The molecule has 150 valence electrons. The molecule has 3 saturated heterocycles. The van der Waals surface area contributed by atoms with Crippen LogP contribution in [0.4, 0.5) is 5.82 Å². The van der Waals surface area contributed by atoms with Gasteiger partial charge in [0.1, 0.15) is 10.7 Å². The number of hydrogen-bond acceptors (Lipinski definition) is 5. The maximum atomic E-state index is 13.2. The number of sulfonamides is 1. The highest BCUT2D eigenvalue weighted by Gasteiger charge is 2.32. The summed E-state index contributed by atoms with van der Waals surface area (Å²) < 4.78 is 28.0. The first-order valence-electron chi connectivity index (χ1n) is 10.6. The van der Waals surface area contributed by atoms with Gasteiger partial charge in [0.15, 0.2) is 0 Å². The molecule has 0 radical (unpaired) electrons. The van der Waals surface area contributed by atoms with Gasteiger partial charge in [0.25, 0.3) is 0 Å². The van der Waals surface area contributed by atoms with Crippen LogP contribution in [0.2, 0.25) is 0 Å². The van der Waals surface area contributed by atoms with Crippen molar-refractivity contribution in [3.63, 3.8) is 0 Å². The summed E-state index contributed by atoms with van der Waals surface area (Å²) in [6, 6.07) is 3.49. The molecule has 4 heterocycles. The summed E-state index contributed by atoms with van der Waals surface area (Å²) in [6.45, 7) is 6.77. The van der Waals surface area contributed by atoms with E-state index in [9.17, 15) is 8.42 Å². The van der Waals surface area contributed by atoms with Crippen LogP contribution in [0.25, 0.3) is 0 Å². The lowest BCUT2D eigenvalue weighted by molar-refractivity contribution is 0.249. The van der Waals surface area contributed by atoms with E-state index in [1.807, 2.05) is 0 Å². The second kappa shape index (κ2) is 8.45. The van der Waals surface area contributed by atoms with Gasteiger partial charge in [-0.2, -0.15) is 4.31 Å². The van der Waals surface area contributed by atoms with E-state index in [0.29, 0.717) is 23.8 Å². The van der Waals surface area contributed by atoms with E-state index in [4.69, 9.17) is 0 Å². The largest absolute Gasteiger partial charge is 0.355 e. The van der Waals surface area contributed by atoms with Gasteiger partial charge in [0.2, 0.25) is 10.0 Å². The highest BCUT2D eigenvalue weighted by molar-refractivity contribution is 7.89. The first kappa shape index (κ1) is 19.2. The van der Waals surface area contributed by atoms with E-state index in [2.05, 4.69) is 14.8 Å². The maximum absolute atomic E-state index is 13.2. The predicted molar refractivity (Wildman–Crippen MR) is 107 cm³/mol. The average Bonchev–Trinajstić information content (AvgIpc) is 3.22. The van der Waals surface area contributed by atoms with Crippen LogP contribution in [0.5, 0.6) is 0 Å². The lowest BCUT2D eigenvalue weighted by Gasteiger charge is -2.36. The number of aromatic nitrogens is 1. The van der Waals surface area contributed by atoms with E-state index in [-0.39, 0.29) is 0 Å². The normalized spacial score (nSPS) is 23.8. The fourth-order valence-electron chi connectivity index (χ4n) is 4.72. The molecule has 3 aliphatic rings. The Morgan fingerprint density at radius 3 is 2.30 bits per heavy atom. The molecule has 7 heteroatoms. The zero-order valence-electron chi connectivity index (χ0n) is 16.2. The highest BCUT2D eigenvalue weighted by atomic mass is 32.2. The SMILES string of the molecule is O=S(=O)(c1cccnc1N1CCC(CN2CCCC2)CC1)N1CCCCC1. The lowest BCUT2D eigenvalue weighted by Crippen LogP contribution is -2.40. The van der Waals surface area contributed by atoms with Crippen LogP contribution < -0.4 is 4.90 Å². The van der Waals surface area contributed by atoms with Gasteiger partial charge in [-0.1, -0.05) is 6.42 Å². The molecule has 0 bridgehead atoms. The third-order valence-corrected chi connectivity index (χ3v) is 8.23. The predicted octanol–water partition coefficient (Wildman–Crippen LogP) is 2.57. The van der Waals surface area contributed by atoms with Gasteiger partial charge in [-0.15, -0.1) is 0 Å². The zero-order valence-corrected chi connectivity index (χ0v) is 17.0. The molecule has 0 aliphatic carbocycles. The molecule has 3 aliphatic heterocycles. The third-order valence-electron chi connectivity index (χ3n) is 6.31. The zero-order chi connectivity index (χ0) is 18.7. The van der Waals surface area contributed by atoms with Crippen LogP contribution in [0.3, 0.4) is 0 Å². The Bertz CT molecular complexity index is 719.